The highest BCUT2D eigenvalue weighted by Crippen LogP contribution is 2.35. The van der Waals surface area contributed by atoms with E-state index in [1.165, 1.54) is 10.9 Å². The van der Waals surface area contributed by atoms with Gasteiger partial charge in [-0.2, -0.15) is 0 Å². The summed E-state index contributed by atoms with van der Waals surface area (Å²) in [6.45, 7) is 5.64. The lowest BCUT2D eigenvalue weighted by molar-refractivity contribution is 0.0856. The molecule has 140 valence electrons. The molecule has 0 N–H and O–H groups in total. The first-order chi connectivity index (χ1) is 13.4. The Balaban J connectivity index is 1.68. The van der Waals surface area contributed by atoms with E-state index in [0.29, 0.717) is 5.92 Å². The number of pyridine rings is 2. The third-order valence-electron chi connectivity index (χ3n) is 5.63. The minimum absolute atomic E-state index is 0.500. The summed E-state index contributed by atoms with van der Waals surface area (Å²) in [5.41, 5.74) is 4.17. The number of nitrogens with zero attached hydrogens (tertiary/aromatic N) is 4. The zero-order valence-corrected chi connectivity index (χ0v) is 15.4. The molecule has 0 aliphatic carbocycles. The van der Waals surface area contributed by atoms with Gasteiger partial charge in [-0.25, -0.2) is 4.98 Å². The molecule has 3 aliphatic rings. The molecule has 0 unspecified atom stereocenters. The van der Waals surface area contributed by atoms with Crippen molar-refractivity contribution in [2.75, 3.05) is 51.0 Å². The van der Waals surface area contributed by atoms with Crippen molar-refractivity contribution in [3.8, 4) is 0 Å². The Morgan fingerprint density at radius 3 is 2.63 bits per heavy atom. The number of aliphatic imine (C=N–C) groups is 1. The Hall–Kier alpha value is -2.31. The van der Waals surface area contributed by atoms with E-state index in [2.05, 4.69) is 39.2 Å². The van der Waals surface area contributed by atoms with Gasteiger partial charge in [0.2, 0.25) is 0 Å². The van der Waals surface area contributed by atoms with Gasteiger partial charge in [0.05, 0.1) is 25.5 Å². The lowest BCUT2D eigenvalue weighted by atomic mass is 9.89. The molecule has 2 saturated heterocycles. The van der Waals surface area contributed by atoms with E-state index >= 15 is 0 Å². The molecule has 0 aromatic carbocycles. The summed E-state index contributed by atoms with van der Waals surface area (Å²) in [6, 6.07) is 4.40. The Kier molecular flexibility index (Phi) is 4.59. The number of aromatic nitrogens is 2. The highest BCUT2D eigenvalue weighted by Gasteiger charge is 2.24. The molecule has 2 aromatic heterocycles. The average Bonchev–Trinajstić information content (AvgIpc) is 3.28. The lowest BCUT2D eigenvalue weighted by Crippen LogP contribution is -2.37. The van der Waals surface area contributed by atoms with Gasteiger partial charge in [0.15, 0.2) is 0 Å². The predicted octanol–water partition coefficient (Wildman–Crippen LogP) is 2.72. The maximum atomic E-state index is 5.60. The second-order valence-electron chi connectivity index (χ2n) is 7.24. The number of anilines is 1. The van der Waals surface area contributed by atoms with E-state index in [0.717, 1.165) is 81.6 Å². The van der Waals surface area contributed by atoms with Crippen molar-refractivity contribution in [2.24, 2.45) is 4.99 Å². The van der Waals surface area contributed by atoms with Crippen molar-refractivity contribution in [1.82, 2.24) is 9.97 Å². The summed E-state index contributed by atoms with van der Waals surface area (Å²) < 4.78 is 11.1. The zero-order valence-electron chi connectivity index (χ0n) is 15.4. The molecule has 5 heterocycles. The zero-order chi connectivity index (χ0) is 18.1. The number of hydrogen-bond donors (Lipinski definition) is 0. The molecule has 5 rings (SSSR count). The number of ether oxygens (including phenoxy) is 2. The minimum atomic E-state index is 0.500. The lowest BCUT2D eigenvalue weighted by Gasteiger charge is -2.30. The monoisotopic (exact) mass is 364 g/mol. The van der Waals surface area contributed by atoms with E-state index in [-0.39, 0.29) is 0 Å². The summed E-state index contributed by atoms with van der Waals surface area (Å²) in [5, 5.41) is 1.20. The fourth-order valence-corrected chi connectivity index (χ4v) is 4.17. The number of morpholine rings is 1. The molecule has 0 saturated carbocycles. The summed E-state index contributed by atoms with van der Waals surface area (Å²) in [6.07, 6.45) is 8.13. The van der Waals surface area contributed by atoms with Crippen LogP contribution in [0.15, 0.2) is 35.5 Å². The average molecular weight is 364 g/mol. The first-order valence-electron chi connectivity index (χ1n) is 9.81. The van der Waals surface area contributed by atoms with Crippen molar-refractivity contribution in [3.63, 3.8) is 0 Å². The van der Waals surface area contributed by atoms with Gasteiger partial charge in [0.25, 0.3) is 0 Å². The number of hydrogen-bond acceptors (Lipinski definition) is 6. The van der Waals surface area contributed by atoms with Crippen molar-refractivity contribution in [2.45, 2.75) is 18.8 Å². The van der Waals surface area contributed by atoms with E-state index < -0.39 is 0 Å². The summed E-state index contributed by atoms with van der Waals surface area (Å²) in [4.78, 5) is 16.6. The van der Waals surface area contributed by atoms with Crippen molar-refractivity contribution < 1.29 is 9.47 Å². The van der Waals surface area contributed by atoms with E-state index in [9.17, 15) is 0 Å². The first kappa shape index (κ1) is 16.8. The second-order valence-corrected chi connectivity index (χ2v) is 7.24. The maximum absolute atomic E-state index is 5.60. The van der Waals surface area contributed by atoms with Gasteiger partial charge in [0.1, 0.15) is 17.0 Å². The van der Waals surface area contributed by atoms with Gasteiger partial charge in [-0.15, -0.1) is 0 Å². The molecular formula is C21H24N4O2. The predicted molar refractivity (Wildman–Crippen MR) is 106 cm³/mol. The summed E-state index contributed by atoms with van der Waals surface area (Å²) in [5.74, 6) is 1.53. The van der Waals surface area contributed by atoms with E-state index in [1.54, 1.807) is 0 Å². The van der Waals surface area contributed by atoms with E-state index in [4.69, 9.17) is 14.5 Å². The summed E-state index contributed by atoms with van der Waals surface area (Å²) in [7, 11) is 0. The molecule has 6 nitrogen and oxygen atoms in total. The highest BCUT2D eigenvalue weighted by atomic mass is 16.5. The quantitative estimate of drug-likeness (QED) is 0.838. The standard InChI is InChI=1S/C21H24N4O2/c1-2-18(22-6-1)21-20-16(3-7-23-21)17(15-4-10-26-11-5-15)14-19(24-20)25-8-12-27-13-9-25/h1-3,7,14-15H,4-6,8-13H2. The molecule has 0 spiro atoms. The number of allylic oxidation sites excluding steroid dienone is 1. The molecular weight excluding hydrogens is 340 g/mol. The van der Waals surface area contributed by atoms with Crippen LogP contribution in [0, 0.1) is 0 Å². The second kappa shape index (κ2) is 7.37. The third-order valence-corrected chi connectivity index (χ3v) is 5.63. The van der Waals surface area contributed by atoms with Gasteiger partial charge in [-0.05, 0) is 42.5 Å². The van der Waals surface area contributed by atoms with Gasteiger partial charge >= 0.3 is 0 Å². The van der Waals surface area contributed by atoms with Crippen molar-refractivity contribution in [3.05, 3.63) is 41.7 Å². The fourth-order valence-electron chi connectivity index (χ4n) is 4.17. The van der Waals surface area contributed by atoms with Crippen LogP contribution in [-0.4, -0.2) is 61.7 Å². The van der Waals surface area contributed by atoms with Crippen LogP contribution in [0.5, 0.6) is 0 Å². The molecule has 3 aliphatic heterocycles. The van der Waals surface area contributed by atoms with Crippen LogP contribution in [0.3, 0.4) is 0 Å². The third kappa shape index (κ3) is 3.24. The maximum Gasteiger partial charge on any atom is 0.129 e. The Morgan fingerprint density at radius 2 is 1.85 bits per heavy atom. The van der Waals surface area contributed by atoms with Gasteiger partial charge < -0.3 is 14.4 Å². The first-order valence-corrected chi connectivity index (χ1v) is 9.81. The SMILES string of the molecule is C1=CC(c2nccc3c(C4CCOCC4)cc(N4CCOCC4)nc23)=NC1. The minimum Gasteiger partial charge on any atom is -0.381 e. The van der Waals surface area contributed by atoms with Gasteiger partial charge in [0, 0.05) is 37.9 Å². The highest BCUT2D eigenvalue weighted by molar-refractivity contribution is 6.15. The fraction of sp³-hybridized carbons (Fsp3) is 0.476. The van der Waals surface area contributed by atoms with Gasteiger partial charge in [-0.3, -0.25) is 9.98 Å². The van der Waals surface area contributed by atoms with Crippen LogP contribution in [0.1, 0.15) is 30.0 Å². The van der Waals surface area contributed by atoms with Crippen LogP contribution < -0.4 is 4.90 Å². The van der Waals surface area contributed by atoms with Crippen molar-refractivity contribution in [1.29, 1.82) is 0 Å². The number of rotatable bonds is 3. The van der Waals surface area contributed by atoms with Crippen LogP contribution >= 0.6 is 0 Å². The summed E-state index contributed by atoms with van der Waals surface area (Å²) >= 11 is 0. The Labute approximate surface area is 158 Å². The van der Waals surface area contributed by atoms with E-state index in [1.807, 2.05) is 6.20 Å². The Bertz CT molecular complexity index is 896. The molecule has 0 atom stereocenters. The van der Waals surface area contributed by atoms with Crippen LogP contribution in [0.4, 0.5) is 5.82 Å². The van der Waals surface area contributed by atoms with Crippen LogP contribution in [-0.2, 0) is 9.47 Å². The molecule has 2 aromatic rings. The van der Waals surface area contributed by atoms with Crippen molar-refractivity contribution >= 4 is 22.4 Å². The molecule has 0 radical (unpaired) electrons. The molecule has 0 bridgehead atoms. The van der Waals surface area contributed by atoms with Crippen LogP contribution in [0.25, 0.3) is 10.9 Å². The number of fused-ring (bicyclic) bond motifs is 1. The van der Waals surface area contributed by atoms with Gasteiger partial charge in [-0.1, -0.05) is 6.08 Å². The smallest absolute Gasteiger partial charge is 0.129 e. The largest absolute Gasteiger partial charge is 0.381 e. The topological polar surface area (TPSA) is 59.8 Å². The molecule has 27 heavy (non-hydrogen) atoms. The normalized spacial score (nSPS) is 21.0. The van der Waals surface area contributed by atoms with Crippen LogP contribution in [0.2, 0.25) is 0 Å². The Morgan fingerprint density at radius 1 is 1.04 bits per heavy atom. The molecule has 2 fully saturated rings. The molecule has 0 amide bonds. The molecule has 6 heteroatoms.